The number of carbonyl (C=O) groups is 1. The van der Waals surface area contributed by atoms with E-state index in [1.807, 2.05) is 0 Å². The Hall–Kier alpha value is -0.570. The van der Waals surface area contributed by atoms with Gasteiger partial charge in [-0.1, -0.05) is 52.4 Å². The lowest BCUT2D eigenvalue weighted by Crippen LogP contribution is -2.28. The van der Waals surface area contributed by atoms with Gasteiger partial charge in [-0.3, -0.25) is 4.79 Å². The predicted octanol–water partition coefficient (Wildman–Crippen LogP) is 3.44. The minimum atomic E-state index is -0.759. The number of hydrogen-bond acceptors (Lipinski definition) is 2. The summed E-state index contributed by atoms with van der Waals surface area (Å²) in [5, 5.41) is 11.6. The summed E-state index contributed by atoms with van der Waals surface area (Å²) in [5.74, 6) is -0.101. The highest BCUT2D eigenvalue weighted by atomic mass is 16.4. The summed E-state index contributed by atoms with van der Waals surface area (Å²) in [4.78, 5) is 10.4. The molecule has 0 bridgehead atoms. The molecule has 1 atom stereocenters. The Balaban J connectivity index is 3.67. The maximum atomic E-state index is 10.4. The highest BCUT2D eigenvalue weighted by Gasteiger charge is 2.08. The van der Waals surface area contributed by atoms with Gasteiger partial charge in [0.1, 0.15) is 0 Å². The first-order valence-electron chi connectivity index (χ1n) is 7.13. The maximum absolute atomic E-state index is 10.4. The maximum Gasteiger partial charge on any atom is 0.317 e. The molecule has 0 radical (unpaired) electrons. The molecular weight excluding hydrogens is 214 g/mol. The van der Waals surface area contributed by atoms with Gasteiger partial charge in [-0.15, -0.1) is 0 Å². The van der Waals surface area contributed by atoms with E-state index in [4.69, 9.17) is 5.11 Å². The molecule has 0 aliphatic carbocycles. The van der Waals surface area contributed by atoms with Gasteiger partial charge in [-0.05, 0) is 25.3 Å². The molecule has 0 aromatic rings. The smallest absolute Gasteiger partial charge is 0.317 e. The van der Waals surface area contributed by atoms with E-state index in [2.05, 4.69) is 19.2 Å². The molecule has 17 heavy (non-hydrogen) atoms. The van der Waals surface area contributed by atoms with Gasteiger partial charge >= 0.3 is 5.97 Å². The Morgan fingerprint density at radius 2 is 1.71 bits per heavy atom. The first-order chi connectivity index (χ1) is 8.20. The van der Waals surface area contributed by atoms with Crippen LogP contribution in [-0.4, -0.2) is 24.2 Å². The molecular formula is C14H29NO2. The predicted molar refractivity (Wildman–Crippen MR) is 72.3 cm³/mol. The SMILES string of the molecule is CCCCCCC(CCCC)CNCC(=O)O. The molecule has 0 aromatic carbocycles. The molecule has 3 heteroatoms. The first kappa shape index (κ1) is 16.4. The Bertz CT molecular complexity index is 183. The fraction of sp³-hybridized carbons (Fsp3) is 0.929. The molecule has 0 spiro atoms. The molecule has 0 saturated heterocycles. The van der Waals surface area contributed by atoms with E-state index in [-0.39, 0.29) is 6.54 Å². The third kappa shape index (κ3) is 11.7. The normalized spacial score (nSPS) is 12.6. The van der Waals surface area contributed by atoms with Crippen LogP contribution in [0.2, 0.25) is 0 Å². The van der Waals surface area contributed by atoms with Gasteiger partial charge in [-0.2, -0.15) is 0 Å². The largest absolute Gasteiger partial charge is 0.480 e. The van der Waals surface area contributed by atoms with Gasteiger partial charge in [0.2, 0.25) is 0 Å². The van der Waals surface area contributed by atoms with Crippen molar-refractivity contribution in [1.82, 2.24) is 5.32 Å². The van der Waals surface area contributed by atoms with Crippen molar-refractivity contribution in [3.05, 3.63) is 0 Å². The summed E-state index contributed by atoms with van der Waals surface area (Å²) in [6, 6.07) is 0. The Labute approximate surface area is 106 Å². The van der Waals surface area contributed by atoms with E-state index in [1.165, 1.54) is 51.4 Å². The van der Waals surface area contributed by atoms with Gasteiger partial charge in [0.15, 0.2) is 0 Å². The fourth-order valence-corrected chi connectivity index (χ4v) is 2.08. The molecule has 0 aliphatic heterocycles. The van der Waals surface area contributed by atoms with Crippen LogP contribution in [0, 0.1) is 5.92 Å². The lowest BCUT2D eigenvalue weighted by Gasteiger charge is -2.16. The van der Waals surface area contributed by atoms with Gasteiger partial charge in [0.25, 0.3) is 0 Å². The molecule has 1 unspecified atom stereocenters. The number of unbranched alkanes of at least 4 members (excludes halogenated alkanes) is 4. The molecule has 2 N–H and O–H groups in total. The average Bonchev–Trinajstić information content (AvgIpc) is 2.30. The second-order valence-corrected chi connectivity index (χ2v) is 4.88. The quantitative estimate of drug-likeness (QED) is 0.516. The zero-order chi connectivity index (χ0) is 12.9. The number of aliphatic carboxylic acids is 1. The molecule has 0 rings (SSSR count). The van der Waals surface area contributed by atoms with Crippen LogP contribution >= 0.6 is 0 Å². The Morgan fingerprint density at radius 1 is 1.06 bits per heavy atom. The van der Waals surface area contributed by atoms with Crippen molar-refractivity contribution in [3.63, 3.8) is 0 Å². The summed E-state index contributed by atoms with van der Waals surface area (Å²) < 4.78 is 0. The first-order valence-corrected chi connectivity index (χ1v) is 7.13. The highest BCUT2D eigenvalue weighted by Crippen LogP contribution is 2.16. The Kier molecular flexibility index (Phi) is 11.5. The summed E-state index contributed by atoms with van der Waals surface area (Å²) in [6.45, 7) is 5.39. The zero-order valence-electron chi connectivity index (χ0n) is 11.5. The van der Waals surface area contributed by atoms with Crippen molar-refractivity contribution < 1.29 is 9.90 Å². The molecule has 0 saturated carbocycles. The van der Waals surface area contributed by atoms with E-state index in [0.29, 0.717) is 5.92 Å². The van der Waals surface area contributed by atoms with Gasteiger partial charge < -0.3 is 10.4 Å². The zero-order valence-corrected chi connectivity index (χ0v) is 11.5. The van der Waals surface area contributed by atoms with Crippen molar-refractivity contribution in [1.29, 1.82) is 0 Å². The number of nitrogens with one attached hydrogen (secondary N) is 1. The van der Waals surface area contributed by atoms with Crippen LogP contribution in [0.1, 0.15) is 65.2 Å². The highest BCUT2D eigenvalue weighted by molar-refractivity contribution is 5.68. The van der Waals surface area contributed by atoms with E-state index < -0.39 is 5.97 Å². The van der Waals surface area contributed by atoms with E-state index in [9.17, 15) is 4.79 Å². The summed E-state index contributed by atoms with van der Waals surface area (Å²) in [6.07, 6.45) is 10.2. The monoisotopic (exact) mass is 243 g/mol. The molecule has 3 nitrogen and oxygen atoms in total. The number of carboxylic acid groups (broad SMARTS) is 1. The van der Waals surface area contributed by atoms with Crippen LogP contribution in [0.3, 0.4) is 0 Å². The van der Waals surface area contributed by atoms with E-state index >= 15 is 0 Å². The number of rotatable bonds is 12. The third-order valence-electron chi connectivity index (χ3n) is 3.14. The summed E-state index contributed by atoms with van der Waals surface area (Å²) >= 11 is 0. The second kappa shape index (κ2) is 11.9. The molecule has 102 valence electrons. The van der Waals surface area contributed by atoms with Crippen LogP contribution in [0.5, 0.6) is 0 Å². The Morgan fingerprint density at radius 3 is 2.29 bits per heavy atom. The van der Waals surface area contributed by atoms with Crippen molar-refractivity contribution in [2.24, 2.45) is 5.92 Å². The second-order valence-electron chi connectivity index (χ2n) is 4.88. The molecule has 0 amide bonds. The van der Waals surface area contributed by atoms with Gasteiger partial charge in [0.05, 0.1) is 6.54 Å². The van der Waals surface area contributed by atoms with Crippen molar-refractivity contribution >= 4 is 5.97 Å². The minimum Gasteiger partial charge on any atom is -0.480 e. The standard InChI is InChI=1S/C14H29NO2/c1-3-5-7-8-10-13(9-6-4-2)11-15-12-14(16)17/h13,15H,3-12H2,1-2H3,(H,16,17). The van der Waals surface area contributed by atoms with E-state index in [0.717, 1.165) is 6.54 Å². The van der Waals surface area contributed by atoms with Crippen LogP contribution in [0.4, 0.5) is 0 Å². The topological polar surface area (TPSA) is 49.3 Å². The molecule has 0 aromatic heterocycles. The van der Waals surface area contributed by atoms with Crippen LogP contribution in [0.25, 0.3) is 0 Å². The number of carboxylic acids is 1. The van der Waals surface area contributed by atoms with Crippen molar-refractivity contribution in [2.75, 3.05) is 13.1 Å². The van der Waals surface area contributed by atoms with Crippen molar-refractivity contribution in [2.45, 2.75) is 65.2 Å². The molecule has 0 heterocycles. The molecule has 0 fully saturated rings. The van der Waals surface area contributed by atoms with Crippen molar-refractivity contribution in [3.8, 4) is 0 Å². The minimum absolute atomic E-state index is 0.0948. The van der Waals surface area contributed by atoms with Gasteiger partial charge in [0, 0.05) is 0 Å². The molecule has 0 aliphatic rings. The number of hydrogen-bond donors (Lipinski definition) is 2. The van der Waals surface area contributed by atoms with Crippen LogP contribution < -0.4 is 5.32 Å². The third-order valence-corrected chi connectivity index (χ3v) is 3.14. The average molecular weight is 243 g/mol. The van der Waals surface area contributed by atoms with Gasteiger partial charge in [-0.25, -0.2) is 0 Å². The fourth-order valence-electron chi connectivity index (χ4n) is 2.08. The summed E-state index contributed by atoms with van der Waals surface area (Å²) in [7, 11) is 0. The van der Waals surface area contributed by atoms with E-state index in [1.54, 1.807) is 0 Å². The van der Waals surface area contributed by atoms with Crippen LogP contribution in [0.15, 0.2) is 0 Å². The lowest BCUT2D eigenvalue weighted by atomic mass is 9.95. The summed E-state index contributed by atoms with van der Waals surface area (Å²) in [5.41, 5.74) is 0. The van der Waals surface area contributed by atoms with Crippen LogP contribution in [-0.2, 0) is 4.79 Å². The lowest BCUT2D eigenvalue weighted by molar-refractivity contribution is -0.136.